The van der Waals surface area contributed by atoms with E-state index in [2.05, 4.69) is 22.4 Å². The standard InChI is InChI=1S/C16H25N3O4/c1-3-12-7-9-16(10-8-12,15(21)22)18-13(20)5-4-6-14-17-11(2)19-23-14/h12H,3-10H2,1-2H3,(H,18,20)(H,21,22). The third-order valence-corrected chi connectivity index (χ3v) is 4.69. The largest absolute Gasteiger partial charge is 0.480 e. The first kappa shape index (κ1) is 17.4. The van der Waals surface area contributed by atoms with Gasteiger partial charge in [-0.2, -0.15) is 4.98 Å². The van der Waals surface area contributed by atoms with E-state index in [-0.39, 0.29) is 12.3 Å². The second-order valence-corrected chi connectivity index (χ2v) is 6.38. The SMILES string of the molecule is CCC1CCC(NC(=O)CCCc2nc(C)no2)(C(=O)O)CC1. The van der Waals surface area contributed by atoms with Gasteiger partial charge in [-0.3, -0.25) is 4.79 Å². The van der Waals surface area contributed by atoms with Crippen molar-refractivity contribution in [2.45, 2.75) is 70.8 Å². The van der Waals surface area contributed by atoms with Crippen molar-refractivity contribution >= 4 is 11.9 Å². The Bertz CT molecular complexity index is 547. The fourth-order valence-corrected chi connectivity index (χ4v) is 3.14. The van der Waals surface area contributed by atoms with Crippen molar-refractivity contribution in [2.75, 3.05) is 0 Å². The molecular formula is C16H25N3O4. The van der Waals surface area contributed by atoms with Crippen LogP contribution in [0.25, 0.3) is 0 Å². The van der Waals surface area contributed by atoms with Crippen LogP contribution in [-0.2, 0) is 16.0 Å². The summed E-state index contributed by atoms with van der Waals surface area (Å²) in [7, 11) is 0. The molecule has 0 atom stereocenters. The Kier molecular flexibility index (Phi) is 5.74. The Morgan fingerprint density at radius 3 is 2.61 bits per heavy atom. The van der Waals surface area contributed by atoms with E-state index < -0.39 is 11.5 Å². The minimum atomic E-state index is -1.09. The molecule has 0 aliphatic heterocycles. The van der Waals surface area contributed by atoms with Gasteiger partial charge in [-0.15, -0.1) is 0 Å². The van der Waals surface area contributed by atoms with Crippen LogP contribution in [0.5, 0.6) is 0 Å². The van der Waals surface area contributed by atoms with E-state index in [0.717, 1.165) is 19.3 Å². The average Bonchev–Trinajstić information content (AvgIpc) is 2.93. The molecule has 0 saturated heterocycles. The monoisotopic (exact) mass is 323 g/mol. The Labute approximate surface area is 135 Å². The number of nitrogens with zero attached hydrogens (tertiary/aromatic N) is 2. The molecular weight excluding hydrogens is 298 g/mol. The molecule has 1 aliphatic rings. The summed E-state index contributed by atoms with van der Waals surface area (Å²) >= 11 is 0. The van der Waals surface area contributed by atoms with Gasteiger partial charge in [0.25, 0.3) is 0 Å². The second kappa shape index (κ2) is 7.57. The van der Waals surface area contributed by atoms with Crippen LogP contribution in [0.15, 0.2) is 4.52 Å². The Morgan fingerprint density at radius 2 is 2.09 bits per heavy atom. The molecule has 2 N–H and O–H groups in total. The third kappa shape index (κ3) is 4.53. The fraction of sp³-hybridized carbons (Fsp3) is 0.750. The number of rotatable bonds is 7. The molecule has 1 aromatic heterocycles. The predicted molar refractivity (Wildman–Crippen MR) is 82.7 cm³/mol. The van der Waals surface area contributed by atoms with E-state index in [4.69, 9.17) is 4.52 Å². The van der Waals surface area contributed by atoms with Gasteiger partial charge in [0.05, 0.1) is 0 Å². The Hall–Kier alpha value is -1.92. The minimum Gasteiger partial charge on any atom is -0.480 e. The number of carbonyl (C=O) groups excluding carboxylic acids is 1. The summed E-state index contributed by atoms with van der Waals surface area (Å²) in [5.74, 6) is 0.500. The number of hydrogen-bond acceptors (Lipinski definition) is 5. The predicted octanol–water partition coefficient (Wildman–Crippen LogP) is 2.24. The molecule has 0 radical (unpaired) electrons. The first-order valence-corrected chi connectivity index (χ1v) is 8.29. The van der Waals surface area contributed by atoms with Gasteiger partial charge in [0, 0.05) is 12.8 Å². The fourth-order valence-electron chi connectivity index (χ4n) is 3.14. The van der Waals surface area contributed by atoms with E-state index in [9.17, 15) is 14.7 Å². The smallest absolute Gasteiger partial charge is 0.329 e. The zero-order valence-corrected chi connectivity index (χ0v) is 13.8. The second-order valence-electron chi connectivity index (χ2n) is 6.38. The molecule has 0 aromatic carbocycles. The molecule has 0 unspecified atom stereocenters. The zero-order valence-electron chi connectivity index (χ0n) is 13.8. The van der Waals surface area contributed by atoms with Crippen molar-refractivity contribution in [3.05, 3.63) is 11.7 Å². The first-order chi connectivity index (χ1) is 10.9. The van der Waals surface area contributed by atoms with Gasteiger partial charge in [0.1, 0.15) is 5.54 Å². The summed E-state index contributed by atoms with van der Waals surface area (Å²) in [6.45, 7) is 3.86. The quantitative estimate of drug-likeness (QED) is 0.797. The maximum absolute atomic E-state index is 12.1. The molecule has 128 valence electrons. The lowest BCUT2D eigenvalue weighted by atomic mass is 9.75. The highest BCUT2D eigenvalue weighted by Gasteiger charge is 2.42. The van der Waals surface area contributed by atoms with Gasteiger partial charge in [-0.05, 0) is 44.9 Å². The van der Waals surface area contributed by atoms with Gasteiger partial charge in [0.2, 0.25) is 11.8 Å². The van der Waals surface area contributed by atoms with Crippen molar-refractivity contribution in [2.24, 2.45) is 5.92 Å². The van der Waals surface area contributed by atoms with E-state index in [0.29, 0.717) is 43.3 Å². The molecule has 1 fully saturated rings. The molecule has 1 aliphatic carbocycles. The van der Waals surface area contributed by atoms with Crippen LogP contribution in [0.1, 0.15) is 63.6 Å². The van der Waals surface area contributed by atoms with Gasteiger partial charge < -0.3 is 14.9 Å². The van der Waals surface area contributed by atoms with Crippen LogP contribution in [0.4, 0.5) is 0 Å². The molecule has 2 rings (SSSR count). The molecule has 7 heteroatoms. The zero-order chi connectivity index (χ0) is 16.9. The highest BCUT2D eigenvalue weighted by Crippen LogP contribution is 2.34. The molecule has 1 saturated carbocycles. The number of carboxylic acid groups (broad SMARTS) is 1. The Balaban J connectivity index is 1.82. The van der Waals surface area contributed by atoms with Gasteiger partial charge in [-0.1, -0.05) is 18.5 Å². The average molecular weight is 323 g/mol. The summed E-state index contributed by atoms with van der Waals surface area (Å²) in [5.41, 5.74) is -1.09. The molecule has 1 heterocycles. The number of carbonyl (C=O) groups is 2. The molecule has 7 nitrogen and oxygen atoms in total. The summed E-state index contributed by atoms with van der Waals surface area (Å²) in [4.78, 5) is 27.9. The van der Waals surface area contributed by atoms with Crippen LogP contribution in [-0.4, -0.2) is 32.7 Å². The minimum absolute atomic E-state index is 0.224. The lowest BCUT2D eigenvalue weighted by Gasteiger charge is -2.37. The number of aryl methyl sites for hydroxylation is 2. The highest BCUT2D eigenvalue weighted by atomic mass is 16.5. The molecule has 0 bridgehead atoms. The Morgan fingerprint density at radius 1 is 1.39 bits per heavy atom. The molecule has 0 spiro atoms. The lowest BCUT2D eigenvalue weighted by Crippen LogP contribution is -2.56. The maximum Gasteiger partial charge on any atom is 0.329 e. The van der Waals surface area contributed by atoms with Crippen LogP contribution in [0, 0.1) is 12.8 Å². The lowest BCUT2D eigenvalue weighted by molar-refractivity contribution is -0.149. The normalized spacial score (nSPS) is 24.3. The molecule has 23 heavy (non-hydrogen) atoms. The van der Waals surface area contributed by atoms with Crippen molar-refractivity contribution < 1.29 is 19.2 Å². The van der Waals surface area contributed by atoms with E-state index >= 15 is 0 Å². The van der Waals surface area contributed by atoms with Gasteiger partial charge >= 0.3 is 5.97 Å². The van der Waals surface area contributed by atoms with Crippen LogP contribution < -0.4 is 5.32 Å². The van der Waals surface area contributed by atoms with E-state index in [1.165, 1.54) is 0 Å². The number of aromatic nitrogens is 2. The van der Waals surface area contributed by atoms with E-state index in [1.54, 1.807) is 6.92 Å². The van der Waals surface area contributed by atoms with Crippen molar-refractivity contribution in [1.29, 1.82) is 0 Å². The number of aliphatic carboxylic acids is 1. The summed E-state index contributed by atoms with van der Waals surface area (Å²) < 4.78 is 4.99. The van der Waals surface area contributed by atoms with E-state index in [1.807, 2.05) is 0 Å². The van der Waals surface area contributed by atoms with Crippen LogP contribution >= 0.6 is 0 Å². The number of carboxylic acids is 1. The topological polar surface area (TPSA) is 105 Å². The molecule has 1 aromatic rings. The van der Waals surface area contributed by atoms with Crippen LogP contribution in [0.2, 0.25) is 0 Å². The maximum atomic E-state index is 12.1. The summed E-state index contributed by atoms with van der Waals surface area (Å²) in [5, 5.41) is 16.0. The third-order valence-electron chi connectivity index (χ3n) is 4.69. The van der Waals surface area contributed by atoms with Crippen molar-refractivity contribution in [1.82, 2.24) is 15.5 Å². The highest BCUT2D eigenvalue weighted by molar-refractivity contribution is 5.87. The first-order valence-electron chi connectivity index (χ1n) is 8.29. The van der Waals surface area contributed by atoms with Gasteiger partial charge in [-0.25, -0.2) is 4.79 Å². The number of nitrogens with one attached hydrogen (secondary N) is 1. The van der Waals surface area contributed by atoms with Crippen LogP contribution in [0.3, 0.4) is 0 Å². The summed E-state index contributed by atoms with van der Waals surface area (Å²) in [6.07, 6.45) is 5.12. The van der Waals surface area contributed by atoms with Gasteiger partial charge in [0.15, 0.2) is 5.82 Å². The number of amides is 1. The molecule has 1 amide bonds. The van der Waals surface area contributed by atoms with Crippen molar-refractivity contribution in [3.8, 4) is 0 Å². The number of hydrogen-bond donors (Lipinski definition) is 2. The summed E-state index contributed by atoms with van der Waals surface area (Å²) in [6, 6.07) is 0. The van der Waals surface area contributed by atoms with Crippen molar-refractivity contribution in [3.63, 3.8) is 0 Å².